The maximum absolute atomic E-state index is 12.8. The van der Waals surface area contributed by atoms with Gasteiger partial charge in [-0.25, -0.2) is 4.39 Å². The van der Waals surface area contributed by atoms with E-state index in [2.05, 4.69) is 0 Å². The Balaban J connectivity index is 2.74. The highest BCUT2D eigenvalue weighted by Crippen LogP contribution is 2.13. The first kappa shape index (κ1) is 11.3. The summed E-state index contributed by atoms with van der Waals surface area (Å²) in [5.41, 5.74) is 5.16. The summed E-state index contributed by atoms with van der Waals surface area (Å²) in [7, 11) is 0. The van der Waals surface area contributed by atoms with Gasteiger partial charge in [-0.1, -0.05) is 0 Å². The SMILES string of the molecule is N[C@@H](CN1C=C(F)C(=O)CC1=O)C(=O)O. The highest BCUT2D eigenvalue weighted by Gasteiger charge is 2.28. The number of carbonyl (C=O) groups excluding carboxylic acids is 2. The standard InChI is InChI=1S/C8H9FN2O4/c9-4-2-11(3-5(10)8(14)15)7(13)1-6(4)12/h2,5H,1,3,10H2,(H,14,15)/t5-/m0/s1. The predicted molar refractivity (Wildman–Crippen MR) is 46.1 cm³/mol. The van der Waals surface area contributed by atoms with Crippen molar-refractivity contribution in [2.75, 3.05) is 6.54 Å². The number of ketones is 1. The molecule has 0 bridgehead atoms. The first-order valence-corrected chi connectivity index (χ1v) is 4.10. The zero-order chi connectivity index (χ0) is 11.6. The molecule has 0 saturated carbocycles. The van der Waals surface area contributed by atoms with E-state index >= 15 is 0 Å². The van der Waals surface area contributed by atoms with Crippen molar-refractivity contribution in [2.24, 2.45) is 5.73 Å². The number of aliphatic carboxylic acids is 1. The minimum absolute atomic E-state index is 0.352. The van der Waals surface area contributed by atoms with Crippen molar-refractivity contribution in [3.05, 3.63) is 12.0 Å². The van der Waals surface area contributed by atoms with Crippen LogP contribution in [-0.4, -0.2) is 40.3 Å². The molecule has 7 heteroatoms. The lowest BCUT2D eigenvalue weighted by molar-refractivity contribution is -0.140. The fourth-order valence-corrected chi connectivity index (χ4v) is 1.05. The average Bonchev–Trinajstić information content (AvgIpc) is 2.13. The molecular formula is C8H9FN2O4. The van der Waals surface area contributed by atoms with Gasteiger partial charge in [0.25, 0.3) is 0 Å². The summed E-state index contributed by atoms with van der Waals surface area (Å²) in [6, 6.07) is -1.30. The Hall–Kier alpha value is -1.76. The van der Waals surface area contributed by atoms with Gasteiger partial charge >= 0.3 is 5.97 Å². The lowest BCUT2D eigenvalue weighted by Gasteiger charge is -2.23. The van der Waals surface area contributed by atoms with Crippen molar-refractivity contribution in [3.8, 4) is 0 Å². The van der Waals surface area contributed by atoms with E-state index in [-0.39, 0.29) is 6.54 Å². The summed E-state index contributed by atoms with van der Waals surface area (Å²) in [6.45, 7) is -0.352. The third-order valence-electron chi connectivity index (χ3n) is 1.88. The lowest BCUT2D eigenvalue weighted by Crippen LogP contribution is -2.44. The molecule has 1 aliphatic heterocycles. The van der Waals surface area contributed by atoms with Gasteiger partial charge in [0.15, 0.2) is 5.83 Å². The van der Waals surface area contributed by atoms with Crippen molar-refractivity contribution in [3.63, 3.8) is 0 Å². The molecule has 0 unspecified atom stereocenters. The molecule has 0 aromatic carbocycles. The van der Waals surface area contributed by atoms with Gasteiger partial charge < -0.3 is 15.7 Å². The second kappa shape index (κ2) is 4.18. The van der Waals surface area contributed by atoms with Crippen LogP contribution in [0.2, 0.25) is 0 Å². The van der Waals surface area contributed by atoms with Crippen molar-refractivity contribution >= 4 is 17.7 Å². The monoisotopic (exact) mass is 216 g/mol. The quantitative estimate of drug-likeness (QED) is 0.590. The number of carbonyl (C=O) groups is 3. The van der Waals surface area contributed by atoms with Crippen LogP contribution in [0.5, 0.6) is 0 Å². The van der Waals surface area contributed by atoms with Crippen LogP contribution in [-0.2, 0) is 14.4 Å². The number of amides is 1. The van der Waals surface area contributed by atoms with Crippen LogP contribution in [0.1, 0.15) is 6.42 Å². The van der Waals surface area contributed by atoms with Crippen LogP contribution in [0.15, 0.2) is 12.0 Å². The van der Waals surface area contributed by atoms with E-state index in [1.165, 1.54) is 0 Å². The molecule has 0 saturated heterocycles. The van der Waals surface area contributed by atoms with Crippen molar-refractivity contribution in [1.29, 1.82) is 0 Å². The number of hydrogen-bond acceptors (Lipinski definition) is 4. The Morgan fingerprint density at radius 2 is 2.27 bits per heavy atom. The number of carboxylic acids is 1. The lowest BCUT2D eigenvalue weighted by atomic mass is 10.1. The second-order valence-corrected chi connectivity index (χ2v) is 3.07. The Bertz CT molecular complexity index is 353. The van der Waals surface area contributed by atoms with Crippen LogP contribution in [0.3, 0.4) is 0 Å². The summed E-state index contributed by atoms with van der Waals surface area (Å²) in [4.78, 5) is 33.1. The summed E-state index contributed by atoms with van der Waals surface area (Å²) in [5, 5.41) is 8.47. The summed E-state index contributed by atoms with van der Waals surface area (Å²) in [6.07, 6.45) is 0.0889. The molecule has 1 atom stereocenters. The number of allylic oxidation sites excluding steroid dienone is 1. The maximum atomic E-state index is 12.8. The molecule has 0 radical (unpaired) electrons. The Morgan fingerprint density at radius 3 is 2.80 bits per heavy atom. The van der Waals surface area contributed by atoms with E-state index in [9.17, 15) is 18.8 Å². The molecule has 6 nitrogen and oxygen atoms in total. The number of hydrogen-bond donors (Lipinski definition) is 2. The number of nitrogens with zero attached hydrogens (tertiary/aromatic N) is 1. The third-order valence-corrected chi connectivity index (χ3v) is 1.88. The maximum Gasteiger partial charge on any atom is 0.322 e. The normalized spacial score (nSPS) is 18.8. The fourth-order valence-electron chi connectivity index (χ4n) is 1.05. The molecule has 0 fully saturated rings. The second-order valence-electron chi connectivity index (χ2n) is 3.07. The highest BCUT2D eigenvalue weighted by atomic mass is 19.1. The zero-order valence-electron chi connectivity index (χ0n) is 7.64. The summed E-state index contributed by atoms with van der Waals surface area (Å²) < 4.78 is 12.8. The Morgan fingerprint density at radius 1 is 1.67 bits per heavy atom. The van der Waals surface area contributed by atoms with E-state index in [0.29, 0.717) is 6.20 Å². The average molecular weight is 216 g/mol. The number of nitrogens with two attached hydrogens (primary N) is 1. The Labute approximate surface area is 84.1 Å². The molecule has 82 valence electrons. The van der Waals surface area contributed by atoms with Crippen LogP contribution in [0, 0.1) is 0 Å². The molecule has 1 amide bonds. The molecule has 0 aromatic heterocycles. The Kier molecular flexibility index (Phi) is 3.15. The van der Waals surface area contributed by atoms with E-state index in [1.807, 2.05) is 0 Å². The minimum atomic E-state index is -1.30. The van der Waals surface area contributed by atoms with Crippen molar-refractivity contribution in [2.45, 2.75) is 12.5 Å². The van der Waals surface area contributed by atoms with Crippen LogP contribution in [0.25, 0.3) is 0 Å². The topological polar surface area (TPSA) is 101 Å². The molecule has 1 rings (SSSR count). The van der Waals surface area contributed by atoms with E-state index in [1.54, 1.807) is 0 Å². The van der Waals surface area contributed by atoms with Crippen LogP contribution in [0.4, 0.5) is 4.39 Å². The third kappa shape index (κ3) is 2.59. The van der Waals surface area contributed by atoms with Gasteiger partial charge in [-0.2, -0.15) is 0 Å². The predicted octanol–water partition coefficient (Wildman–Crippen LogP) is -0.989. The van der Waals surface area contributed by atoms with E-state index in [4.69, 9.17) is 10.8 Å². The van der Waals surface area contributed by atoms with Crippen LogP contribution >= 0.6 is 0 Å². The van der Waals surface area contributed by atoms with Gasteiger partial charge in [-0.05, 0) is 0 Å². The number of Topliss-reactive ketones (excluding diaryl/α,β-unsaturated/α-hetero) is 1. The minimum Gasteiger partial charge on any atom is -0.480 e. The summed E-state index contributed by atoms with van der Waals surface area (Å²) >= 11 is 0. The summed E-state index contributed by atoms with van der Waals surface area (Å²) in [5.74, 6) is -3.92. The molecule has 1 aliphatic rings. The molecule has 0 aliphatic carbocycles. The highest BCUT2D eigenvalue weighted by molar-refractivity contribution is 6.08. The fraction of sp³-hybridized carbons (Fsp3) is 0.375. The van der Waals surface area contributed by atoms with Gasteiger partial charge in [0.1, 0.15) is 6.04 Å². The van der Waals surface area contributed by atoms with E-state index in [0.717, 1.165) is 4.90 Å². The largest absolute Gasteiger partial charge is 0.480 e. The number of halogens is 1. The molecule has 15 heavy (non-hydrogen) atoms. The molecular weight excluding hydrogens is 207 g/mol. The van der Waals surface area contributed by atoms with Gasteiger partial charge in [0.2, 0.25) is 11.7 Å². The van der Waals surface area contributed by atoms with Crippen molar-refractivity contribution in [1.82, 2.24) is 4.90 Å². The molecule has 0 aromatic rings. The smallest absolute Gasteiger partial charge is 0.322 e. The van der Waals surface area contributed by atoms with Gasteiger partial charge in [0.05, 0.1) is 13.0 Å². The van der Waals surface area contributed by atoms with Gasteiger partial charge in [-0.15, -0.1) is 0 Å². The van der Waals surface area contributed by atoms with E-state index < -0.39 is 35.9 Å². The van der Waals surface area contributed by atoms with Gasteiger partial charge in [-0.3, -0.25) is 14.4 Å². The first-order chi connectivity index (χ1) is 6.91. The molecule has 0 spiro atoms. The van der Waals surface area contributed by atoms with Crippen LogP contribution < -0.4 is 5.73 Å². The zero-order valence-corrected chi connectivity index (χ0v) is 7.64. The molecule has 1 heterocycles. The molecule has 3 N–H and O–H groups in total. The van der Waals surface area contributed by atoms with Gasteiger partial charge in [0, 0.05) is 6.20 Å². The number of rotatable bonds is 3. The first-order valence-electron chi connectivity index (χ1n) is 4.10. The number of carboxylic acid groups (broad SMARTS) is 1. The van der Waals surface area contributed by atoms with Crippen molar-refractivity contribution < 1.29 is 23.9 Å².